The summed E-state index contributed by atoms with van der Waals surface area (Å²) in [7, 11) is 0. The lowest BCUT2D eigenvalue weighted by atomic mass is 9.99. The second-order valence-electron chi connectivity index (χ2n) is 3.97. The van der Waals surface area contributed by atoms with E-state index in [4.69, 9.17) is 0 Å². The summed E-state index contributed by atoms with van der Waals surface area (Å²) < 4.78 is 0. The van der Waals surface area contributed by atoms with Crippen LogP contribution < -0.4 is 5.43 Å². The van der Waals surface area contributed by atoms with Gasteiger partial charge in [-0.3, -0.25) is 9.59 Å². The van der Waals surface area contributed by atoms with Crippen LogP contribution in [0.5, 0.6) is 5.75 Å². The molecule has 1 aromatic carbocycles. The minimum absolute atomic E-state index is 0.102. The molecule has 0 aromatic heterocycles. The highest BCUT2D eigenvalue weighted by molar-refractivity contribution is 5.96. The molecular formula is C13H16O3. The van der Waals surface area contributed by atoms with Crippen LogP contribution in [0.1, 0.15) is 49.0 Å². The van der Waals surface area contributed by atoms with Crippen LogP contribution in [0.25, 0.3) is 0 Å². The van der Waals surface area contributed by atoms with E-state index in [9.17, 15) is 14.7 Å². The molecule has 0 aliphatic heterocycles. The van der Waals surface area contributed by atoms with E-state index in [1.807, 2.05) is 13.8 Å². The highest BCUT2D eigenvalue weighted by Crippen LogP contribution is 2.21. The van der Waals surface area contributed by atoms with Gasteiger partial charge < -0.3 is 5.11 Å². The second-order valence-corrected chi connectivity index (χ2v) is 3.97. The Bertz CT molecular complexity index is 463. The van der Waals surface area contributed by atoms with E-state index < -0.39 is 11.2 Å². The van der Waals surface area contributed by atoms with Gasteiger partial charge >= 0.3 is 0 Å². The van der Waals surface area contributed by atoms with Crippen molar-refractivity contribution in [2.24, 2.45) is 0 Å². The first-order valence-corrected chi connectivity index (χ1v) is 5.35. The first kappa shape index (κ1) is 12.4. The third kappa shape index (κ3) is 2.48. The van der Waals surface area contributed by atoms with Crippen molar-refractivity contribution in [3.8, 4) is 5.75 Å². The SMILES string of the molecule is CCC(C)c1ccc(=O)c(O)c(C(C)=O)c1. The molecule has 16 heavy (non-hydrogen) atoms. The Morgan fingerprint density at radius 1 is 1.44 bits per heavy atom. The van der Waals surface area contributed by atoms with E-state index in [0.717, 1.165) is 12.0 Å². The van der Waals surface area contributed by atoms with Gasteiger partial charge in [0, 0.05) is 0 Å². The van der Waals surface area contributed by atoms with Crippen molar-refractivity contribution in [2.45, 2.75) is 33.1 Å². The van der Waals surface area contributed by atoms with Crippen LogP contribution in [0, 0.1) is 0 Å². The summed E-state index contributed by atoms with van der Waals surface area (Å²) in [5, 5.41) is 9.57. The zero-order valence-electron chi connectivity index (χ0n) is 9.78. The number of hydrogen-bond acceptors (Lipinski definition) is 3. The third-order valence-electron chi connectivity index (χ3n) is 2.79. The van der Waals surface area contributed by atoms with Gasteiger partial charge in [-0.1, -0.05) is 19.9 Å². The monoisotopic (exact) mass is 220 g/mol. The van der Waals surface area contributed by atoms with Gasteiger partial charge in [0.05, 0.1) is 5.56 Å². The van der Waals surface area contributed by atoms with Gasteiger partial charge in [-0.2, -0.15) is 0 Å². The van der Waals surface area contributed by atoms with E-state index in [0.29, 0.717) is 0 Å². The summed E-state index contributed by atoms with van der Waals surface area (Å²) in [6.07, 6.45) is 0.913. The zero-order valence-corrected chi connectivity index (χ0v) is 9.78. The fourth-order valence-electron chi connectivity index (χ4n) is 1.48. The number of carbonyl (C=O) groups excluding carboxylic acids is 1. The molecule has 0 saturated carbocycles. The molecule has 0 aliphatic carbocycles. The minimum Gasteiger partial charge on any atom is -0.504 e. The molecule has 1 atom stereocenters. The fraction of sp³-hybridized carbons (Fsp3) is 0.385. The van der Waals surface area contributed by atoms with Crippen LogP contribution >= 0.6 is 0 Å². The molecule has 0 saturated heterocycles. The van der Waals surface area contributed by atoms with Gasteiger partial charge in [0.25, 0.3) is 0 Å². The summed E-state index contributed by atoms with van der Waals surface area (Å²) in [4.78, 5) is 22.7. The van der Waals surface area contributed by atoms with E-state index in [1.165, 1.54) is 13.0 Å². The van der Waals surface area contributed by atoms with E-state index in [2.05, 4.69) is 0 Å². The molecule has 0 bridgehead atoms. The third-order valence-corrected chi connectivity index (χ3v) is 2.79. The lowest BCUT2D eigenvalue weighted by molar-refractivity contribution is 0.101. The Balaban J connectivity index is 3.50. The summed E-state index contributed by atoms with van der Waals surface area (Å²) in [6.45, 7) is 5.39. The number of aromatic hydroxyl groups is 1. The molecule has 0 spiro atoms. The Hall–Kier alpha value is -1.64. The molecule has 0 fully saturated rings. The molecule has 1 aromatic rings. The molecule has 0 radical (unpaired) electrons. The molecule has 0 aliphatic rings. The largest absolute Gasteiger partial charge is 0.504 e. The van der Waals surface area contributed by atoms with Crippen molar-refractivity contribution in [1.29, 1.82) is 0 Å². The van der Waals surface area contributed by atoms with Crippen molar-refractivity contribution in [2.75, 3.05) is 0 Å². The van der Waals surface area contributed by atoms with Crippen LogP contribution in [0.15, 0.2) is 23.0 Å². The number of carbonyl (C=O) groups is 1. The average Bonchev–Trinajstić information content (AvgIpc) is 2.39. The summed E-state index contributed by atoms with van der Waals surface area (Å²) in [6, 6.07) is 4.58. The predicted molar refractivity (Wildman–Crippen MR) is 63.1 cm³/mol. The molecule has 1 unspecified atom stereocenters. The van der Waals surface area contributed by atoms with E-state index >= 15 is 0 Å². The highest BCUT2D eigenvalue weighted by atomic mass is 16.3. The average molecular weight is 220 g/mol. The van der Waals surface area contributed by atoms with Gasteiger partial charge in [0.15, 0.2) is 11.5 Å². The molecule has 0 amide bonds. The minimum atomic E-state index is -0.514. The Labute approximate surface area is 94.7 Å². The van der Waals surface area contributed by atoms with Crippen molar-refractivity contribution in [3.63, 3.8) is 0 Å². The van der Waals surface area contributed by atoms with Crippen LogP contribution in [-0.4, -0.2) is 10.9 Å². The van der Waals surface area contributed by atoms with Crippen molar-refractivity contribution in [1.82, 2.24) is 0 Å². The van der Waals surface area contributed by atoms with E-state index in [1.54, 1.807) is 12.1 Å². The number of hydrogen-bond donors (Lipinski definition) is 1. The topological polar surface area (TPSA) is 54.4 Å². The number of Topliss-reactive ketones (excluding diaryl/α,β-unsaturated/α-hetero) is 1. The van der Waals surface area contributed by atoms with Crippen LogP contribution in [0.4, 0.5) is 0 Å². The standard InChI is InChI=1S/C13H16O3/c1-4-8(2)10-5-6-12(15)13(16)11(7-10)9(3)14/h5-8H,4H2,1-3H3,(H,15,16). The Morgan fingerprint density at radius 3 is 2.56 bits per heavy atom. The Kier molecular flexibility index (Phi) is 3.82. The molecule has 3 heteroatoms. The molecule has 86 valence electrons. The maximum Gasteiger partial charge on any atom is 0.220 e. The van der Waals surface area contributed by atoms with E-state index in [-0.39, 0.29) is 17.3 Å². The van der Waals surface area contributed by atoms with Gasteiger partial charge in [-0.05, 0) is 37.0 Å². The van der Waals surface area contributed by atoms with Crippen molar-refractivity contribution < 1.29 is 9.90 Å². The molecule has 1 rings (SSSR count). The molecule has 0 heterocycles. The Morgan fingerprint density at radius 2 is 2.06 bits per heavy atom. The van der Waals surface area contributed by atoms with Gasteiger partial charge in [-0.15, -0.1) is 0 Å². The maximum absolute atomic E-state index is 11.4. The first-order valence-electron chi connectivity index (χ1n) is 5.35. The normalized spacial score (nSPS) is 12.2. The highest BCUT2D eigenvalue weighted by Gasteiger charge is 2.11. The molecular weight excluding hydrogens is 204 g/mol. The first-order chi connectivity index (χ1) is 7.47. The summed E-state index contributed by atoms with van der Waals surface area (Å²) in [5.74, 6) is -0.498. The van der Waals surface area contributed by atoms with Crippen LogP contribution in [0.2, 0.25) is 0 Å². The molecule has 1 N–H and O–H groups in total. The van der Waals surface area contributed by atoms with Gasteiger partial charge in [-0.25, -0.2) is 0 Å². The van der Waals surface area contributed by atoms with Crippen LogP contribution in [-0.2, 0) is 0 Å². The second kappa shape index (κ2) is 4.92. The maximum atomic E-state index is 11.4. The fourth-order valence-corrected chi connectivity index (χ4v) is 1.48. The number of ketones is 1. The predicted octanol–water partition coefficient (Wildman–Crippen LogP) is 2.47. The van der Waals surface area contributed by atoms with Gasteiger partial charge in [0.1, 0.15) is 0 Å². The summed E-state index contributed by atoms with van der Waals surface area (Å²) >= 11 is 0. The smallest absolute Gasteiger partial charge is 0.220 e. The lowest BCUT2D eigenvalue weighted by Gasteiger charge is -2.06. The van der Waals surface area contributed by atoms with Crippen molar-refractivity contribution in [3.05, 3.63) is 39.5 Å². The summed E-state index contributed by atoms with van der Waals surface area (Å²) in [5.41, 5.74) is 0.482. The zero-order chi connectivity index (χ0) is 12.3. The number of rotatable bonds is 3. The van der Waals surface area contributed by atoms with Crippen LogP contribution in [0.3, 0.4) is 0 Å². The lowest BCUT2D eigenvalue weighted by Crippen LogP contribution is -2.00. The van der Waals surface area contributed by atoms with Crippen molar-refractivity contribution >= 4 is 5.78 Å². The van der Waals surface area contributed by atoms with Gasteiger partial charge in [0.2, 0.25) is 5.43 Å². The molecule has 3 nitrogen and oxygen atoms in total. The quantitative estimate of drug-likeness (QED) is 0.796.